The molecule has 3 rings (SSSR count). The Kier molecular flexibility index (Phi) is 5.08. The third-order valence-electron chi connectivity index (χ3n) is 3.48. The molecule has 1 amide bonds. The van der Waals surface area contributed by atoms with Crippen molar-refractivity contribution in [1.82, 2.24) is 15.0 Å². The smallest absolute Gasteiger partial charge is 0.277 e. The van der Waals surface area contributed by atoms with E-state index in [0.717, 1.165) is 15.6 Å². The summed E-state index contributed by atoms with van der Waals surface area (Å²) < 4.78 is 2.44. The van der Waals surface area contributed by atoms with E-state index >= 15 is 0 Å². The number of halogens is 1. The van der Waals surface area contributed by atoms with E-state index in [0.29, 0.717) is 5.69 Å². The Morgan fingerprint density at radius 1 is 1.46 bits per heavy atom. The molecule has 8 heteroatoms. The molecule has 0 spiro atoms. The molecule has 1 aromatic carbocycles. The van der Waals surface area contributed by atoms with Crippen LogP contribution in [-0.2, 0) is 6.54 Å². The third-order valence-corrected chi connectivity index (χ3v) is 5.07. The average Bonchev–Trinajstić information content (AvgIpc) is 3.22. The molecule has 2 N–H and O–H groups in total. The van der Waals surface area contributed by atoms with Crippen molar-refractivity contribution in [2.75, 3.05) is 5.32 Å². The van der Waals surface area contributed by atoms with Crippen LogP contribution in [0.1, 0.15) is 27.7 Å². The normalized spacial score (nSPS) is 12.1. The summed E-state index contributed by atoms with van der Waals surface area (Å²) in [5, 5.41) is 24.5. The Morgan fingerprint density at radius 3 is 3.00 bits per heavy atom. The summed E-state index contributed by atoms with van der Waals surface area (Å²) in [5.74, 6) is -0.340. The standard InChI is InChI=1S/C16H15BrN4O2S/c1-10-6-12(2-3-13(10)17)18-16(23)14-7-21(20-19-14)8-15(22)11-4-5-24-9-11/h2-7,9,15,22H,8H2,1H3,(H,18,23)/t15-/m0/s1. The third kappa shape index (κ3) is 3.89. The van der Waals surface area contributed by atoms with Crippen LogP contribution in [0.25, 0.3) is 0 Å². The maximum atomic E-state index is 12.2. The van der Waals surface area contributed by atoms with Gasteiger partial charge in [-0.25, -0.2) is 4.68 Å². The zero-order valence-corrected chi connectivity index (χ0v) is 15.2. The summed E-state index contributed by atoms with van der Waals surface area (Å²) in [5.41, 5.74) is 2.74. The molecule has 0 saturated heterocycles. The first-order valence-corrected chi connectivity index (χ1v) is 8.94. The number of aliphatic hydroxyl groups is 1. The number of anilines is 1. The lowest BCUT2D eigenvalue weighted by Gasteiger charge is -2.07. The van der Waals surface area contributed by atoms with Crippen molar-refractivity contribution in [3.63, 3.8) is 0 Å². The van der Waals surface area contributed by atoms with E-state index in [1.54, 1.807) is 6.07 Å². The molecule has 0 aliphatic carbocycles. The molecule has 0 aliphatic heterocycles. The number of thiophene rings is 1. The number of benzene rings is 1. The first-order valence-electron chi connectivity index (χ1n) is 7.21. The lowest BCUT2D eigenvalue weighted by Crippen LogP contribution is -2.12. The number of hydrogen-bond acceptors (Lipinski definition) is 5. The Hall–Kier alpha value is -2.03. The molecule has 0 saturated carbocycles. The molecule has 0 fully saturated rings. The van der Waals surface area contributed by atoms with Gasteiger partial charge >= 0.3 is 0 Å². The number of nitrogens with zero attached hydrogens (tertiary/aromatic N) is 3. The number of aliphatic hydroxyl groups excluding tert-OH is 1. The van der Waals surface area contributed by atoms with Crippen molar-refractivity contribution in [2.45, 2.75) is 19.6 Å². The van der Waals surface area contributed by atoms with Gasteiger partial charge in [0.2, 0.25) is 0 Å². The van der Waals surface area contributed by atoms with Crippen molar-refractivity contribution in [3.05, 3.63) is 62.5 Å². The zero-order chi connectivity index (χ0) is 17.1. The first kappa shape index (κ1) is 16.8. The van der Waals surface area contributed by atoms with Gasteiger partial charge in [0.15, 0.2) is 5.69 Å². The lowest BCUT2D eigenvalue weighted by molar-refractivity contribution is 0.102. The van der Waals surface area contributed by atoms with Gasteiger partial charge in [-0.2, -0.15) is 11.3 Å². The molecule has 0 aliphatic rings. The number of aryl methyl sites for hydroxylation is 1. The van der Waals surface area contributed by atoms with E-state index in [1.165, 1.54) is 22.2 Å². The minimum absolute atomic E-state index is 0.202. The topological polar surface area (TPSA) is 80.0 Å². The SMILES string of the molecule is Cc1cc(NC(=O)c2cn(C[C@H](O)c3ccsc3)nn2)ccc1Br. The Bertz CT molecular complexity index is 848. The van der Waals surface area contributed by atoms with Crippen molar-refractivity contribution in [3.8, 4) is 0 Å². The number of nitrogens with one attached hydrogen (secondary N) is 1. The first-order chi connectivity index (χ1) is 11.5. The van der Waals surface area contributed by atoms with Gasteiger partial charge in [0, 0.05) is 10.2 Å². The van der Waals surface area contributed by atoms with Crippen LogP contribution in [0.2, 0.25) is 0 Å². The van der Waals surface area contributed by atoms with Gasteiger partial charge in [-0.1, -0.05) is 21.1 Å². The fourth-order valence-corrected chi connectivity index (χ4v) is 3.11. The van der Waals surface area contributed by atoms with Crippen molar-refractivity contribution >= 4 is 38.9 Å². The van der Waals surface area contributed by atoms with Gasteiger partial charge in [0.25, 0.3) is 5.91 Å². The van der Waals surface area contributed by atoms with E-state index in [1.807, 2.05) is 35.9 Å². The molecule has 2 aromatic heterocycles. The lowest BCUT2D eigenvalue weighted by atomic mass is 10.2. The predicted molar refractivity (Wildman–Crippen MR) is 96.1 cm³/mol. The highest BCUT2D eigenvalue weighted by Crippen LogP contribution is 2.20. The maximum absolute atomic E-state index is 12.2. The highest BCUT2D eigenvalue weighted by molar-refractivity contribution is 9.10. The summed E-state index contributed by atoms with van der Waals surface area (Å²) >= 11 is 4.94. The second-order valence-corrected chi connectivity index (χ2v) is 6.95. The van der Waals surface area contributed by atoms with Crippen molar-refractivity contribution in [2.24, 2.45) is 0 Å². The van der Waals surface area contributed by atoms with Crippen LogP contribution in [-0.4, -0.2) is 26.0 Å². The summed E-state index contributed by atoms with van der Waals surface area (Å²) in [4.78, 5) is 12.2. The van der Waals surface area contributed by atoms with Gasteiger partial charge < -0.3 is 10.4 Å². The van der Waals surface area contributed by atoms with Crippen molar-refractivity contribution in [1.29, 1.82) is 0 Å². The number of rotatable bonds is 5. The monoisotopic (exact) mass is 406 g/mol. The van der Waals surface area contributed by atoms with Gasteiger partial charge in [0.05, 0.1) is 18.8 Å². The summed E-state index contributed by atoms with van der Waals surface area (Å²) in [6.45, 7) is 2.19. The quantitative estimate of drug-likeness (QED) is 0.680. The van der Waals surface area contributed by atoms with Crippen LogP contribution >= 0.6 is 27.3 Å². The molecule has 24 heavy (non-hydrogen) atoms. The van der Waals surface area contributed by atoms with Gasteiger partial charge in [-0.15, -0.1) is 5.10 Å². The van der Waals surface area contributed by atoms with Crippen LogP contribution in [0.3, 0.4) is 0 Å². The Labute approximate surface area is 151 Å². The largest absolute Gasteiger partial charge is 0.386 e. The minimum Gasteiger partial charge on any atom is -0.386 e. The zero-order valence-electron chi connectivity index (χ0n) is 12.8. The number of amides is 1. The van der Waals surface area contributed by atoms with Gasteiger partial charge in [-0.05, 0) is 53.1 Å². The Morgan fingerprint density at radius 2 is 2.29 bits per heavy atom. The summed E-state index contributed by atoms with van der Waals surface area (Å²) in [7, 11) is 0. The van der Waals surface area contributed by atoms with E-state index in [-0.39, 0.29) is 18.1 Å². The van der Waals surface area contributed by atoms with Crippen LogP contribution in [0, 0.1) is 6.92 Å². The van der Waals surface area contributed by atoms with Crippen molar-refractivity contribution < 1.29 is 9.90 Å². The molecular weight excluding hydrogens is 392 g/mol. The number of aromatic nitrogens is 3. The van der Waals surface area contributed by atoms with Gasteiger partial charge in [-0.3, -0.25) is 4.79 Å². The van der Waals surface area contributed by atoms with E-state index < -0.39 is 6.10 Å². The molecule has 124 valence electrons. The number of hydrogen-bond donors (Lipinski definition) is 2. The van der Waals surface area contributed by atoms with Crippen LogP contribution < -0.4 is 5.32 Å². The number of carbonyl (C=O) groups is 1. The molecule has 3 aromatic rings. The summed E-state index contributed by atoms with van der Waals surface area (Å²) in [6, 6.07) is 7.40. The predicted octanol–water partition coefficient (Wildman–Crippen LogP) is 3.40. The van der Waals surface area contributed by atoms with Crippen LogP contribution in [0.15, 0.2) is 45.7 Å². The fourth-order valence-electron chi connectivity index (χ4n) is 2.16. The average molecular weight is 407 g/mol. The highest BCUT2D eigenvalue weighted by atomic mass is 79.9. The molecule has 2 heterocycles. The van der Waals surface area contributed by atoms with E-state index in [4.69, 9.17) is 0 Å². The molecule has 1 atom stereocenters. The highest BCUT2D eigenvalue weighted by Gasteiger charge is 2.14. The molecular formula is C16H15BrN4O2S. The van der Waals surface area contributed by atoms with Crippen LogP contribution in [0.5, 0.6) is 0 Å². The fraction of sp³-hybridized carbons (Fsp3) is 0.188. The molecule has 0 bridgehead atoms. The Balaban J connectivity index is 1.66. The number of carbonyl (C=O) groups excluding carboxylic acids is 1. The second kappa shape index (κ2) is 7.25. The van der Waals surface area contributed by atoms with Crippen LogP contribution in [0.4, 0.5) is 5.69 Å². The van der Waals surface area contributed by atoms with E-state index in [9.17, 15) is 9.90 Å². The molecule has 0 unspecified atom stereocenters. The maximum Gasteiger partial charge on any atom is 0.277 e. The second-order valence-electron chi connectivity index (χ2n) is 5.32. The summed E-state index contributed by atoms with van der Waals surface area (Å²) in [6.07, 6.45) is 0.847. The minimum atomic E-state index is -0.678. The molecule has 0 radical (unpaired) electrons. The molecule has 6 nitrogen and oxygen atoms in total. The van der Waals surface area contributed by atoms with Gasteiger partial charge in [0.1, 0.15) is 0 Å². The van der Waals surface area contributed by atoms with E-state index in [2.05, 4.69) is 31.6 Å².